The first-order valence-electron chi connectivity index (χ1n) is 5.88. The quantitative estimate of drug-likeness (QED) is 0.573. The van der Waals surface area contributed by atoms with Gasteiger partial charge in [0.2, 0.25) is 0 Å². The van der Waals surface area contributed by atoms with Crippen molar-refractivity contribution in [2.24, 2.45) is 0 Å². The van der Waals surface area contributed by atoms with Crippen LogP contribution in [0.4, 0.5) is 0 Å². The summed E-state index contributed by atoms with van der Waals surface area (Å²) in [6, 6.07) is 2.10. The van der Waals surface area contributed by atoms with Gasteiger partial charge in [0.15, 0.2) is 0 Å². The molecule has 90 valence electrons. The summed E-state index contributed by atoms with van der Waals surface area (Å²) in [6.07, 6.45) is 5.99. The minimum absolute atomic E-state index is 0.696. The first kappa shape index (κ1) is 14.7. The monoisotopic (exact) mass is 222 g/mol. The van der Waals surface area contributed by atoms with Crippen LogP contribution in [-0.4, -0.2) is 17.3 Å². The smallest absolute Gasteiger partial charge is 0.0944 e. The molecule has 1 aliphatic rings. The van der Waals surface area contributed by atoms with Crippen LogP contribution in [0.2, 0.25) is 0 Å². The van der Waals surface area contributed by atoms with Crippen molar-refractivity contribution < 1.29 is 5.21 Å². The third-order valence-corrected chi connectivity index (χ3v) is 2.44. The van der Waals surface area contributed by atoms with Gasteiger partial charge in [-0.15, -0.1) is 0 Å². The van der Waals surface area contributed by atoms with Crippen molar-refractivity contribution in [1.29, 1.82) is 5.26 Å². The van der Waals surface area contributed by atoms with Crippen molar-refractivity contribution in [3.63, 3.8) is 0 Å². The SMILES string of the molecule is C/C(C#N)=C\C1=C(N(C)O)CCCC1.CC. The number of hydrogen-bond acceptors (Lipinski definition) is 3. The molecule has 0 saturated heterocycles. The zero-order chi connectivity index (χ0) is 12.6. The van der Waals surface area contributed by atoms with Crippen LogP contribution in [0.3, 0.4) is 0 Å². The summed E-state index contributed by atoms with van der Waals surface area (Å²) in [5.41, 5.74) is 2.74. The Bertz CT molecular complexity index is 308. The zero-order valence-corrected chi connectivity index (χ0v) is 10.7. The van der Waals surface area contributed by atoms with E-state index >= 15 is 0 Å². The number of hydrogen-bond donors (Lipinski definition) is 1. The highest BCUT2D eigenvalue weighted by Gasteiger charge is 2.13. The Labute approximate surface area is 98.6 Å². The van der Waals surface area contributed by atoms with E-state index in [0.717, 1.165) is 37.0 Å². The van der Waals surface area contributed by atoms with E-state index < -0.39 is 0 Å². The minimum Gasteiger partial charge on any atom is -0.289 e. The van der Waals surface area contributed by atoms with Gasteiger partial charge in [0.05, 0.1) is 6.07 Å². The van der Waals surface area contributed by atoms with Crippen molar-refractivity contribution in [1.82, 2.24) is 5.06 Å². The molecule has 0 radical (unpaired) electrons. The molecule has 3 nitrogen and oxygen atoms in total. The number of allylic oxidation sites excluding steroid dienone is 4. The van der Waals surface area contributed by atoms with Gasteiger partial charge in [-0.2, -0.15) is 5.26 Å². The minimum atomic E-state index is 0.696. The van der Waals surface area contributed by atoms with Crippen LogP contribution in [0.15, 0.2) is 22.9 Å². The summed E-state index contributed by atoms with van der Waals surface area (Å²) in [5.74, 6) is 0. The molecule has 0 aliphatic heterocycles. The Balaban J connectivity index is 0.00000106. The van der Waals surface area contributed by atoms with E-state index in [0.29, 0.717) is 5.57 Å². The van der Waals surface area contributed by atoms with Crippen LogP contribution in [0, 0.1) is 11.3 Å². The van der Waals surface area contributed by atoms with Gasteiger partial charge in [0.1, 0.15) is 0 Å². The third-order valence-electron chi connectivity index (χ3n) is 2.44. The van der Waals surface area contributed by atoms with Crippen molar-refractivity contribution in [3.8, 4) is 6.07 Å². The fraction of sp³-hybridized carbons (Fsp3) is 0.615. The molecule has 0 atom stereocenters. The molecular weight excluding hydrogens is 200 g/mol. The molecule has 1 rings (SSSR count). The van der Waals surface area contributed by atoms with Crippen LogP contribution in [0.1, 0.15) is 46.5 Å². The first-order valence-corrected chi connectivity index (χ1v) is 5.88. The predicted octanol–water partition coefficient (Wildman–Crippen LogP) is 3.63. The molecule has 0 aromatic heterocycles. The van der Waals surface area contributed by atoms with Gasteiger partial charge >= 0.3 is 0 Å². The van der Waals surface area contributed by atoms with Gasteiger partial charge in [0.25, 0.3) is 0 Å². The molecule has 0 aromatic carbocycles. The molecule has 0 heterocycles. The highest BCUT2D eigenvalue weighted by atomic mass is 16.5. The van der Waals surface area contributed by atoms with Gasteiger partial charge in [-0.25, -0.2) is 0 Å². The van der Waals surface area contributed by atoms with Crippen LogP contribution >= 0.6 is 0 Å². The summed E-state index contributed by atoms with van der Waals surface area (Å²) in [5, 5.41) is 19.2. The molecule has 3 heteroatoms. The topological polar surface area (TPSA) is 47.3 Å². The molecular formula is C13H22N2O. The lowest BCUT2D eigenvalue weighted by molar-refractivity contribution is -0.0339. The average molecular weight is 222 g/mol. The molecule has 0 spiro atoms. The molecule has 0 fully saturated rings. The Morgan fingerprint density at radius 3 is 2.44 bits per heavy atom. The zero-order valence-electron chi connectivity index (χ0n) is 10.7. The van der Waals surface area contributed by atoms with Gasteiger partial charge in [-0.05, 0) is 44.3 Å². The highest BCUT2D eigenvalue weighted by Crippen LogP contribution is 2.27. The second kappa shape index (κ2) is 7.95. The lowest BCUT2D eigenvalue weighted by Gasteiger charge is -2.23. The molecule has 1 aliphatic carbocycles. The van der Waals surface area contributed by atoms with E-state index in [9.17, 15) is 5.21 Å². The maximum atomic E-state index is 9.40. The lowest BCUT2D eigenvalue weighted by Crippen LogP contribution is -2.16. The van der Waals surface area contributed by atoms with Crippen molar-refractivity contribution in [2.75, 3.05) is 7.05 Å². The molecule has 0 unspecified atom stereocenters. The summed E-state index contributed by atoms with van der Waals surface area (Å²) >= 11 is 0. The second-order valence-electron chi connectivity index (χ2n) is 3.64. The van der Waals surface area contributed by atoms with Gasteiger partial charge < -0.3 is 0 Å². The maximum Gasteiger partial charge on any atom is 0.0944 e. The highest BCUT2D eigenvalue weighted by molar-refractivity contribution is 5.33. The molecule has 0 aromatic rings. The fourth-order valence-corrected chi connectivity index (χ4v) is 1.73. The summed E-state index contributed by atoms with van der Waals surface area (Å²) < 4.78 is 0. The van der Waals surface area contributed by atoms with Gasteiger partial charge in [-0.1, -0.05) is 13.8 Å². The van der Waals surface area contributed by atoms with Crippen LogP contribution in [0.5, 0.6) is 0 Å². The van der Waals surface area contributed by atoms with E-state index in [2.05, 4.69) is 6.07 Å². The lowest BCUT2D eigenvalue weighted by atomic mass is 9.95. The average Bonchev–Trinajstić information content (AvgIpc) is 2.32. The van der Waals surface area contributed by atoms with Crippen molar-refractivity contribution >= 4 is 0 Å². The number of rotatable bonds is 2. The van der Waals surface area contributed by atoms with Crippen LogP contribution < -0.4 is 0 Å². The molecule has 1 N–H and O–H groups in total. The summed E-state index contributed by atoms with van der Waals surface area (Å²) in [7, 11) is 1.64. The first-order chi connectivity index (χ1) is 7.65. The maximum absolute atomic E-state index is 9.40. The molecule has 0 amide bonds. The Morgan fingerprint density at radius 2 is 1.94 bits per heavy atom. The Kier molecular flexibility index (Phi) is 7.32. The predicted molar refractivity (Wildman–Crippen MR) is 65.8 cm³/mol. The normalized spacial score (nSPS) is 16.1. The third kappa shape index (κ3) is 4.50. The Hall–Kier alpha value is -1.27. The second-order valence-corrected chi connectivity index (χ2v) is 3.64. The standard InChI is InChI=1S/C11H16N2O.C2H6/c1-9(8-12)7-10-5-3-4-6-11(10)13(2)14;1-2/h7,14H,3-6H2,1-2H3;1-2H3/b9-7+;. The van der Waals surface area contributed by atoms with E-state index in [-0.39, 0.29) is 0 Å². The van der Waals surface area contributed by atoms with E-state index in [1.165, 1.54) is 5.06 Å². The van der Waals surface area contributed by atoms with Crippen LogP contribution in [-0.2, 0) is 0 Å². The van der Waals surface area contributed by atoms with Crippen LogP contribution in [0.25, 0.3) is 0 Å². The van der Waals surface area contributed by atoms with E-state index in [1.54, 1.807) is 14.0 Å². The van der Waals surface area contributed by atoms with E-state index in [4.69, 9.17) is 5.26 Å². The fourth-order valence-electron chi connectivity index (χ4n) is 1.73. The molecule has 0 bridgehead atoms. The molecule has 16 heavy (non-hydrogen) atoms. The molecule has 0 saturated carbocycles. The van der Waals surface area contributed by atoms with E-state index in [1.807, 2.05) is 19.9 Å². The summed E-state index contributed by atoms with van der Waals surface area (Å²) in [4.78, 5) is 0. The van der Waals surface area contributed by atoms with Crippen molar-refractivity contribution in [3.05, 3.63) is 22.9 Å². The number of nitrogens with zero attached hydrogens (tertiary/aromatic N) is 2. The number of nitriles is 1. The summed E-state index contributed by atoms with van der Waals surface area (Å²) in [6.45, 7) is 5.79. The Morgan fingerprint density at radius 1 is 1.38 bits per heavy atom. The number of hydroxylamine groups is 2. The van der Waals surface area contributed by atoms with Gasteiger partial charge in [0, 0.05) is 18.3 Å². The van der Waals surface area contributed by atoms with Gasteiger partial charge in [-0.3, -0.25) is 10.3 Å². The largest absolute Gasteiger partial charge is 0.289 e. The van der Waals surface area contributed by atoms with Crippen molar-refractivity contribution in [2.45, 2.75) is 46.5 Å².